The van der Waals surface area contributed by atoms with Crippen LogP contribution in [0.5, 0.6) is 5.75 Å². The van der Waals surface area contributed by atoms with Gasteiger partial charge in [0.25, 0.3) is 0 Å². The number of aromatic nitrogens is 3. The zero-order chi connectivity index (χ0) is 19.3. The number of benzene rings is 2. The molecule has 1 aliphatic heterocycles. The highest BCUT2D eigenvalue weighted by atomic mass is 32.1. The average Bonchev–Trinajstić information content (AvgIpc) is 2.90. The number of ether oxygens (including phenoxy) is 1. The van der Waals surface area contributed by atoms with E-state index in [1.54, 1.807) is 7.11 Å². The number of para-hydroxylation sites is 1. The quantitative estimate of drug-likeness (QED) is 0.576. The SMILES string of the molecule is COc1ccc(-c2nn(CN3CCCCCC3)c(=S)n2-c2ccccc2)cc1. The second kappa shape index (κ2) is 8.71. The van der Waals surface area contributed by atoms with E-state index in [0.29, 0.717) is 0 Å². The maximum absolute atomic E-state index is 5.86. The van der Waals surface area contributed by atoms with Crippen molar-refractivity contribution >= 4 is 12.2 Å². The number of rotatable bonds is 5. The Morgan fingerprint density at radius 3 is 2.25 bits per heavy atom. The summed E-state index contributed by atoms with van der Waals surface area (Å²) in [7, 11) is 1.68. The standard InChI is InChI=1S/C22H26N4OS/c1-27-20-13-11-18(12-14-20)21-23-25(17-24-15-7-2-3-8-16-24)22(28)26(21)19-9-5-4-6-10-19/h4-6,9-14H,2-3,7-8,15-17H2,1H3. The van der Waals surface area contributed by atoms with Gasteiger partial charge in [0.15, 0.2) is 5.82 Å². The topological polar surface area (TPSA) is 35.2 Å². The molecule has 4 rings (SSSR count). The van der Waals surface area contributed by atoms with Crippen LogP contribution in [-0.2, 0) is 6.67 Å². The summed E-state index contributed by atoms with van der Waals surface area (Å²) in [5, 5.41) is 4.93. The molecule has 1 aliphatic rings. The fourth-order valence-corrected chi connectivity index (χ4v) is 3.99. The van der Waals surface area contributed by atoms with E-state index in [4.69, 9.17) is 22.1 Å². The summed E-state index contributed by atoms with van der Waals surface area (Å²) in [6.45, 7) is 2.96. The molecule has 0 radical (unpaired) electrons. The van der Waals surface area contributed by atoms with E-state index >= 15 is 0 Å². The number of hydrogen-bond donors (Lipinski definition) is 0. The molecule has 0 spiro atoms. The molecule has 0 atom stereocenters. The third-order valence-corrected chi connectivity index (χ3v) is 5.63. The molecule has 2 aromatic carbocycles. The molecule has 5 nitrogen and oxygen atoms in total. The number of nitrogens with zero attached hydrogens (tertiary/aromatic N) is 4. The monoisotopic (exact) mass is 394 g/mol. The maximum Gasteiger partial charge on any atom is 0.204 e. The first kappa shape index (κ1) is 18.9. The van der Waals surface area contributed by atoms with E-state index in [9.17, 15) is 0 Å². The van der Waals surface area contributed by atoms with Gasteiger partial charge in [-0.05, 0) is 74.5 Å². The molecule has 3 aromatic rings. The van der Waals surface area contributed by atoms with Crippen molar-refractivity contribution in [3.05, 3.63) is 59.4 Å². The zero-order valence-corrected chi connectivity index (χ0v) is 17.1. The minimum atomic E-state index is 0.723. The first-order valence-electron chi connectivity index (χ1n) is 9.88. The molecule has 0 unspecified atom stereocenters. The lowest BCUT2D eigenvalue weighted by Gasteiger charge is -2.19. The van der Waals surface area contributed by atoms with Crippen LogP contribution in [0, 0.1) is 4.77 Å². The van der Waals surface area contributed by atoms with Crippen LogP contribution >= 0.6 is 12.2 Å². The molecule has 28 heavy (non-hydrogen) atoms. The maximum atomic E-state index is 5.86. The molecular formula is C22H26N4OS. The van der Waals surface area contributed by atoms with Crippen molar-refractivity contribution in [3.63, 3.8) is 0 Å². The largest absolute Gasteiger partial charge is 0.497 e. The predicted molar refractivity (Wildman–Crippen MR) is 114 cm³/mol. The van der Waals surface area contributed by atoms with Gasteiger partial charge >= 0.3 is 0 Å². The minimum Gasteiger partial charge on any atom is -0.497 e. The number of likely N-dealkylation sites (tertiary alicyclic amines) is 1. The van der Waals surface area contributed by atoms with Gasteiger partial charge in [0.1, 0.15) is 5.75 Å². The summed E-state index contributed by atoms with van der Waals surface area (Å²) >= 11 is 5.86. The van der Waals surface area contributed by atoms with Crippen molar-refractivity contribution in [2.45, 2.75) is 32.4 Å². The van der Waals surface area contributed by atoms with Crippen LogP contribution in [0.1, 0.15) is 25.7 Å². The summed E-state index contributed by atoms with van der Waals surface area (Å²) in [5.41, 5.74) is 2.05. The third kappa shape index (κ3) is 4.03. The first-order valence-corrected chi connectivity index (χ1v) is 10.3. The van der Waals surface area contributed by atoms with E-state index in [1.807, 2.05) is 47.1 Å². The van der Waals surface area contributed by atoms with E-state index in [1.165, 1.54) is 25.7 Å². The van der Waals surface area contributed by atoms with Gasteiger partial charge < -0.3 is 4.74 Å². The molecule has 0 bridgehead atoms. The highest BCUT2D eigenvalue weighted by Crippen LogP contribution is 2.25. The highest BCUT2D eigenvalue weighted by molar-refractivity contribution is 7.71. The van der Waals surface area contributed by atoms with Gasteiger partial charge in [-0.2, -0.15) is 0 Å². The zero-order valence-electron chi connectivity index (χ0n) is 16.3. The van der Waals surface area contributed by atoms with Gasteiger partial charge in [0.05, 0.1) is 13.8 Å². The van der Waals surface area contributed by atoms with Gasteiger partial charge in [0.2, 0.25) is 4.77 Å². The van der Waals surface area contributed by atoms with E-state index in [2.05, 4.69) is 21.6 Å². The molecule has 146 valence electrons. The van der Waals surface area contributed by atoms with Crippen LogP contribution in [0.25, 0.3) is 17.1 Å². The van der Waals surface area contributed by atoms with E-state index in [-0.39, 0.29) is 0 Å². The Morgan fingerprint density at radius 2 is 1.61 bits per heavy atom. The Morgan fingerprint density at radius 1 is 0.929 bits per heavy atom. The van der Waals surface area contributed by atoms with Gasteiger partial charge in [-0.1, -0.05) is 31.0 Å². The van der Waals surface area contributed by atoms with Crippen molar-refractivity contribution in [3.8, 4) is 22.8 Å². The summed E-state index contributed by atoms with van der Waals surface area (Å²) < 4.78 is 10.1. The highest BCUT2D eigenvalue weighted by Gasteiger charge is 2.17. The smallest absolute Gasteiger partial charge is 0.204 e. The van der Waals surface area contributed by atoms with Crippen LogP contribution in [0.2, 0.25) is 0 Å². The van der Waals surface area contributed by atoms with Gasteiger partial charge in [-0.3, -0.25) is 9.47 Å². The molecular weight excluding hydrogens is 368 g/mol. The van der Waals surface area contributed by atoms with Crippen molar-refractivity contribution in [1.82, 2.24) is 19.2 Å². The first-order chi connectivity index (χ1) is 13.8. The van der Waals surface area contributed by atoms with Crippen molar-refractivity contribution in [2.75, 3.05) is 20.2 Å². The molecule has 0 N–H and O–H groups in total. The third-order valence-electron chi connectivity index (χ3n) is 5.23. The van der Waals surface area contributed by atoms with Crippen LogP contribution in [-0.4, -0.2) is 39.4 Å². The predicted octanol–water partition coefficient (Wildman–Crippen LogP) is 4.91. The molecule has 1 saturated heterocycles. The van der Waals surface area contributed by atoms with Crippen LogP contribution in [0.3, 0.4) is 0 Å². The minimum absolute atomic E-state index is 0.723. The van der Waals surface area contributed by atoms with Crippen molar-refractivity contribution < 1.29 is 4.74 Å². The summed E-state index contributed by atoms with van der Waals surface area (Å²) in [6, 6.07) is 18.2. The lowest BCUT2D eigenvalue weighted by Crippen LogP contribution is -2.28. The van der Waals surface area contributed by atoms with Crippen LogP contribution < -0.4 is 4.74 Å². The van der Waals surface area contributed by atoms with Gasteiger partial charge in [-0.15, -0.1) is 5.10 Å². The van der Waals surface area contributed by atoms with Crippen molar-refractivity contribution in [1.29, 1.82) is 0 Å². The summed E-state index contributed by atoms with van der Waals surface area (Å²) in [6.07, 6.45) is 5.13. The van der Waals surface area contributed by atoms with E-state index < -0.39 is 0 Å². The molecule has 1 aromatic heterocycles. The lowest BCUT2D eigenvalue weighted by atomic mass is 10.2. The Hall–Kier alpha value is -2.44. The fraction of sp³-hybridized carbons (Fsp3) is 0.364. The molecule has 0 amide bonds. The second-order valence-corrected chi connectivity index (χ2v) is 7.54. The normalized spacial score (nSPS) is 15.3. The molecule has 2 heterocycles. The Bertz CT molecular complexity index is 954. The van der Waals surface area contributed by atoms with Gasteiger partial charge in [0, 0.05) is 11.3 Å². The van der Waals surface area contributed by atoms with Crippen LogP contribution in [0.15, 0.2) is 54.6 Å². The summed E-state index contributed by atoms with van der Waals surface area (Å²) in [4.78, 5) is 2.46. The molecule has 0 saturated carbocycles. The Kier molecular flexibility index (Phi) is 5.88. The fourth-order valence-electron chi connectivity index (χ4n) is 3.70. The van der Waals surface area contributed by atoms with E-state index in [0.717, 1.165) is 47.4 Å². The Labute approximate surface area is 171 Å². The number of hydrogen-bond acceptors (Lipinski definition) is 4. The summed E-state index contributed by atoms with van der Waals surface area (Å²) in [5.74, 6) is 1.69. The molecule has 6 heteroatoms. The molecule has 0 aliphatic carbocycles. The second-order valence-electron chi connectivity index (χ2n) is 7.18. The average molecular weight is 395 g/mol. The van der Waals surface area contributed by atoms with Crippen molar-refractivity contribution in [2.24, 2.45) is 0 Å². The lowest BCUT2D eigenvalue weighted by molar-refractivity contribution is 0.213. The number of methoxy groups -OCH3 is 1. The Balaban J connectivity index is 1.76. The molecule has 1 fully saturated rings. The van der Waals surface area contributed by atoms with Crippen LogP contribution in [0.4, 0.5) is 0 Å². The van der Waals surface area contributed by atoms with Gasteiger partial charge in [-0.25, -0.2) is 4.68 Å².